The molecule has 0 aromatic carbocycles. The van der Waals surface area contributed by atoms with Crippen LogP contribution in [0.3, 0.4) is 0 Å². The van der Waals surface area contributed by atoms with Crippen LogP contribution in [0, 0.1) is 0 Å². The van der Waals surface area contributed by atoms with E-state index in [-0.39, 0.29) is 24.0 Å². The average molecular weight is 430 g/mol. The molecule has 2 N–H and O–H groups in total. The van der Waals surface area contributed by atoms with E-state index in [0.717, 1.165) is 31.2 Å². The van der Waals surface area contributed by atoms with Crippen molar-refractivity contribution in [2.45, 2.75) is 12.5 Å². The molecule has 0 radical (unpaired) electrons. The maximum atomic E-state index is 4.33. The molecular weight excluding hydrogens is 403 g/mol. The fraction of sp³-hybridized carbons (Fsp3) is 0.625. The second kappa shape index (κ2) is 9.39. The Morgan fingerprint density at radius 1 is 1.26 bits per heavy atom. The van der Waals surface area contributed by atoms with Crippen LogP contribution in [-0.4, -0.2) is 79.6 Å². The van der Waals surface area contributed by atoms with Gasteiger partial charge >= 0.3 is 0 Å². The Balaban J connectivity index is 0.00000192. The number of pyridine rings is 1. The van der Waals surface area contributed by atoms with Gasteiger partial charge in [0.2, 0.25) is 0 Å². The van der Waals surface area contributed by atoms with E-state index in [0.29, 0.717) is 6.04 Å². The molecule has 3 saturated heterocycles. The summed E-state index contributed by atoms with van der Waals surface area (Å²) in [7, 11) is 1.83. The normalized spacial score (nSPS) is 26.5. The number of fused-ring (bicyclic) bond motifs is 3. The lowest BCUT2D eigenvalue weighted by atomic mass is 10.1. The number of piperazine rings is 3. The summed E-state index contributed by atoms with van der Waals surface area (Å²) in [6.45, 7) is 7.85. The van der Waals surface area contributed by atoms with Gasteiger partial charge in [0.25, 0.3) is 0 Å². The van der Waals surface area contributed by atoms with Crippen molar-refractivity contribution in [2.24, 2.45) is 4.99 Å². The van der Waals surface area contributed by atoms with Gasteiger partial charge in [-0.05, 0) is 12.1 Å². The van der Waals surface area contributed by atoms with E-state index < -0.39 is 0 Å². The lowest BCUT2D eigenvalue weighted by Crippen LogP contribution is -2.63. The zero-order chi connectivity index (χ0) is 15.2. The van der Waals surface area contributed by atoms with E-state index in [1.807, 2.05) is 25.4 Å². The van der Waals surface area contributed by atoms with Crippen molar-refractivity contribution in [3.63, 3.8) is 0 Å². The third-order valence-electron chi connectivity index (χ3n) is 4.52. The Morgan fingerprint density at radius 2 is 2.09 bits per heavy atom. The molecule has 128 valence electrons. The molecule has 4 rings (SSSR count). The number of aliphatic imine (C=N–C) groups is 1. The molecule has 23 heavy (non-hydrogen) atoms. The first-order chi connectivity index (χ1) is 10.8. The van der Waals surface area contributed by atoms with Crippen LogP contribution in [0.4, 0.5) is 0 Å². The zero-order valence-corrected chi connectivity index (χ0v) is 16.1. The van der Waals surface area contributed by atoms with Crippen molar-refractivity contribution in [3.05, 3.63) is 30.1 Å². The summed E-state index contributed by atoms with van der Waals surface area (Å²) in [5.41, 5.74) is 1.11. The summed E-state index contributed by atoms with van der Waals surface area (Å²) in [6, 6.07) is 6.63. The molecular formula is C16H27IN6. The Bertz CT molecular complexity index is 487. The summed E-state index contributed by atoms with van der Waals surface area (Å²) in [5.74, 6) is 0.883. The quantitative estimate of drug-likeness (QED) is 0.403. The van der Waals surface area contributed by atoms with Gasteiger partial charge in [-0.2, -0.15) is 0 Å². The summed E-state index contributed by atoms with van der Waals surface area (Å²) >= 11 is 0. The smallest absolute Gasteiger partial charge is 0.191 e. The average Bonchev–Trinajstić information content (AvgIpc) is 2.60. The predicted octanol–water partition coefficient (Wildman–Crippen LogP) is 0.407. The van der Waals surface area contributed by atoms with Gasteiger partial charge in [-0.15, -0.1) is 24.0 Å². The molecule has 2 bridgehead atoms. The Kier molecular flexibility index (Phi) is 7.51. The summed E-state index contributed by atoms with van der Waals surface area (Å²) < 4.78 is 0. The Morgan fingerprint density at radius 3 is 2.70 bits per heavy atom. The van der Waals surface area contributed by atoms with Gasteiger partial charge in [-0.25, -0.2) is 0 Å². The molecule has 3 aliphatic heterocycles. The minimum atomic E-state index is 0. The van der Waals surface area contributed by atoms with E-state index in [2.05, 4.69) is 36.5 Å². The number of halogens is 1. The fourth-order valence-electron chi connectivity index (χ4n) is 3.21. The summed E-state index contributed by atoms with van der Waals surface area (Å²) in [4.78, 5) is 13.8. The van der Waals surface area contributed by atoms with Crippen molar-refractivity contribution in [1.29, 1.82) is 0 Å². The first-order valence-electron chi connectivity index (χ1n) is 8.16. The predicted molar refractivity (Wildman–Crippen MR) is 105 cm³/mol. The highest BCUT2D eigenvalue weighted by Gasteiger charge is 2.31. The topological polar surface area (TPSA) is 55.8 Å². The lowest BCUT2D eigenvalue weighted by molar-refractivity contribution is 0.0154. The van der Waals surface area contributed by atoms with Gasteiger partial charge in [-0.3, -0.25) is 19.8 Å². The fourth-order valence-corrected chi connectivity index (χ4v) is 3.21. The molecule has 0 aliphatic carbocycles. The maximum Gasteiger partial charge on any atom is 0.191 e. The number of guanidine groups is 1. The highest BCUT2D eigenvalue weighted by Crippen LogP contribution is 2.14. The van der Waals surface area contributed by atoms with Crippen LogP contribution in [0.25, 0.3) is 0 Å². The van der Waals surface area contributed by atoms with Gasteiger partial charge in [0.05, 0.1) is 0 Å². The Hall–Kier alpha value is -0.930. The molecule has 7 heteroatoms. The van der Waals surface area contributed by atoms with Crippen LogP contribution in [0.2, 0.25) is 0 Å². The highest BCUT2D eigenvalue weighted by atomic mass is 127. The van der Waals surface area contributed by atoms with Crippen molar-refractivity contribution >= 4 is 29.9 Å². The van der Waals surface area contributed by atoms with Gasteiger partial charge < -0.3 is 10.6 Å². The van der Waals surface area contributed by atoms with Crippen LogP contribution < -0.4 is 10.6 Å². The van der Waals surface area contributed by atoms with Gasteiger partial charge in [0.1, 0.15) is 0 Å². The summed E-state index contributed by atoms with van der Waals surface area (Å²) in [6.07, 6.45) is 2.75. The van der Waals surface area contributed by atoms with Gasteiger partial charge in [-0.1, -0.05) is 6.07 Å². The van der Waals surface area contributed by atoms with E-state index in [1.54, 1.807) is 0 Å². The number of nitrogens with one attached hydrogen (secondary N) is 2. The van der Waals surface area contributed by atoms with Crippen molar-refractivity contribution in [1.82, 2.24) is 25.4 Å². The molecule has 4 heterocycles. The van der Waals surface area contributed by atoms with E-state index in [4.69, 9.17) is 0 Å². The first-order valence-corrected chi connectivity index (χ1v) is 8.16. The van der Waals surface area contributed by atoms with Crippen LogP contribution in [0.1, 0.15) is 5.69 Å². The SMILES string of the molecule is CN=C(NCCc1ccccn1)NCC1CN2CCN1CC2.I. The molecule has 3 fully saturated rings. The minimum Gasteiger partial charge on any atom is -0.356 e. The number of rotatable bonds is 5. The second-order valence-electron chi connectivity index (χ2n) is 5.94. The second-order valence-corrected chi connectivity index (χ2v) is 5.94. The molecule has 1 aromatic rings. The molecule has 0 amide bonds. The third-order valence-corrected chi connectivity index (χ3v) is 4.52. The van der Waals surface area contributed by atoms with Crippen molar-refractivity contribution in [3.8, 4) is 0 Å². The van der Waals surface area contributed by atoms with Crippen LogP contribution >= 0.6 is 24.0 Å². The van der Waals surface area contributed by atoms with Gasteiger partial charge in [0.15, 0.2) is 5.96 Å². The lowest BCUT2D eigenvalue weighted by Gasteiger charge is -2.47. The summed E-state index contributed by atoms with van der Waals surface area (Å²) in [5, 5.41) is 6.83. The van der Waals surface area contributed by atoms with E-state index >= 15 is 0 Å². The largest absolute Gasteiger partial charge is 0.356 e. The van der Waals surface area contributed by atoms with Crippen molar-refractivity contribution < 1.29 is 0 Å². The highest BCUT2D eigenvalue weighted by molar-refractivity contribution is 14.0. The van der Waals surface area contributed by atoms with Gasteiger partial charge in [0, 0.05) is 77.2 Å². The van der Waals surface area contributed by atoms with Crippen LogP contribution in [0.5, 0.6) is 0 Å². The molecule has 1 unspecified atom stereocenters. The number of aromatic nitrogens is 1. The molecule has 1 atom stereocenters. The molecule has 3 aliphatic rings. The van der Waals surface area contributed by atoms with Crippen LogP contribution in [-0.2, 0) is 6.42 Å². The van der Waals surface area contributed by atoms with E-state index in [1.165, 1.54) is 32.7 Å². The minimum absolute atomic E-state index is 0. The maximum absolute atomic E-state index is 4.33. The first kappa shape index (κ1) is 18.4. The number of hydrogen-bond donors (Lipinski definition) is 2. The molecule has 0 saturated carbocycles. The standard InChI is InChI=1S/C16H26N6.HI/c1-17-16(19-7-5-14-4-2-3-6-18-14)20-12-15-13-21-8-10-22(15)11-9-21;/h2-4,6,15H,5,7-13H2,1H3,(H2,17,19,20);1H. The monoisotopic (exact) mass is 430 g/mol. The molecule has 1 aromatic heterocycles. The van der Waals surface area contributed by atoms with Crippen LogP contribution in [0.15, 0.2) is 29.4 Å². The Labute approximate surface area is 155 Å². The number of nitrogens with zero attached hydrogens (tertiary/aromatic N) is 4. The van der Waals surface area contributed by atoms with E-state index in [9.17, 15) is 0 Å². The zero-order valence-electron chi connectivity index (χ0n) is 13.7. The molecule has 6 nitrogen and oxygen atoms in total. The molecule has 0 spiro atoms. The number of hydrogen-bond acceptors (Lipinski definition) is 4. The third kappa shape index (κ3) is 5.29. The van der Waals surface area contributed by atoms with Crippen molar-refractivity contribution in [2.75, 3.05) is 52.9 Å².